The van der Waals surface area contributed by atoms with Crippen molar-refractivity contribution in [2.75, 3.05) is 13.1 Å². The van der Waals surface area contributed by atoms with Crippen molar-refractivity contribution in [1.82, 2.24) is 4.90 Å². The molecule has 1 fully saturated rings. The summed E-state index contributed by atoms with van der Waals surface area (Å²) >= 11 is 0. The fourth-order valence-corrected chi connectivity index (χ4v) is 3.18. The number of carbonyl (C=O) groups is 2. The zero-order valence-corrected chi connectivity index (χ0v) is 16.2. The van der Waals surface area contributed by atoms with Crippen molar-refractivity contribution in [2.24, 2.45) is 11.3 Å². The summed E-state index contributed by atoms with van der Waals surface area (Å²) in [6.45, 7) is 12.1. The molecule has 0 bridgehead atoms. The van der Waals surface area contributed by atoms with Gasteiger partial charge in [-0.1, -0.05) is 36.4 Å². The minimum absolute atomic E-state index is 0.0456. The highest BCUT2D eigenvalue weighted by molar-refractivity contribution is 5.79. The molecule has 1 aliphatic rings. The normalized spacial score (nSPS) is 22.8. The number of ether oxygens (including phenoxy) is 2. The van der Waals surface area contributed by atoms with Crippen LogP contribution in [-0.2, 0) is 20.9 Å². The standard InChI is InChI=1S/C21H29NO4/c1-6-10-17-13-22(19(24)26-20(2,3)4)15-21(17,5)18(23)25-14-16-11-8-7-9-12-16/h6-9,11-12,17H,1,10,13-15H2,2-5H3/t17-,21+/m0/s1. The van der Waals surface area contributed by atoms with Gasteiger partial charge in [-0.05, 0) is 45.6 Å². The van der Waals surface area contributed by atoms with E-state index >= 15 is 0 Å². The molecule has 1 heterocycles. The molecule has 1 saturated heterocycles. The molecule has 5 heteroatoms. The molecule has 2 atom stereocenters. The third kappa shape index (κ3) is 4.87. The van der Waals surface area contributed by atoms with Gasteiger partial charge in [-0.15, -0.1) is 6.58 Å². The number of rotatable bonds is 5. The largest absolute Gasteiger partial charge is 0.460 e. The van der Waals surface area contributed by atoms with Crippen molar-refractivity contribution < 1.29 is 19.1 Å². The predicted molar refractivity (Wildman–Crippen MR) is 100 cm³/mol. The number of amides is 1. The number of nitrogens with zero attached hydrogens (tertiary/aromatic N) is 1. The van der Waals surface area contributed by atoms with Crippen LogP contribution in [0.3, 0.4) is 0 Å². The van der Waals surface area contributed by atoms with E-state index in [4.69, 9.17) is 9.47 Å². The number of hydrogen-bond donors (Lipinski definition) is 0. The van der Waals surface area contributed by atoms with Crippen LogP contribution >= 0.6 is 0 Å². The summed E-state index contributed by atoms with van der Waals surface area (Å²) in [4.78, 5) is 26.9. The van der Waals surface area contributed by atoms with Gasteiger partial charge in [-0.2, -0.15) is 0 Å². The topological polar surface area (TPSA) is 55.8 Å². The molecule has 142 valence electrons. The Labute approximate surface area is 156 Å². The highest BCUT2D eigenvalue weighted by Gasteiger charge is 2.51. The van der Waals surface area contributed by atoms with Gasteiger partial charge in [0.1, 0.15) is 12.2 Å². The highest BCUT2D eigenvalue weighted by atomic mass is 16.6. The lowest BCUT2D eigenvalue weighted by atomic mass is 9.78. The molecule has 0 aromatic heterocycles. The third-order valence-corrected chi connectivity index (χ3v) is 4.64. The maximum Gasteiger partial charge on any atom is 0.410 e. The zero-order chi connectivity index (χ0) is 19.4. The van der Waals surface area contributed by atoms with Crippen molar-refractivity contribution >= 4 is 12.1 Å². The number of esters is 1. The van der Waals surface area contributed by atoms with Crippen LogP contribution in [0.15, 0.2) is 43.0 Å². The Hall–Kier alpha value is -2.30. The Morgan fingerprint density at radius 2 is 1.96 bits per heavy atom. The van der Waals surface area contributed by atoms with Crippen LogP contribution in [0.5, 0.6) is 0 Å². The van der Waals surface area contributed by atoms with Gasteiger partial charge >= 0.3 is 12.1 Å². The van der Waals surface area contributed by atoms with E-state index in [1.165, 1.54) is 0 Å². The van der Waals surface area contributed by atoms with Crippen LogP contribution < -0.4 is 0 Å². The van der Waals surface area contributed by atoms with Crippen LogP contribution in [0.25, 0.3) is 0 Å². The number of carbonyl (C=O) groups excluding carboxylic acids is 2. The molecular weight excluding hydrogens is 330 g/mol. The van der Waals surface area contributed by atoms with Gasteiger partial charge in [0.05, 0.1) is 5.41 Å². The second-order valence-corrected chi connectivity index (χ2v) is 8.06. The first-order valence-corrected chi connectivity index (χ1v) is 8.95. The van der Waals surface area contributed by atoms with Gasteiger partial charge in [0.15, 0.2) is 0 Å². The number of hydrogen-bond acceptors (Lipinski definition) is 4. The summed E-state index contributed by atoms with van der Waals surface area (Å²) in [6.07, 6.45) is 2.02. The van der Waals surface area contributed by atoms with E-state index in [1.807, 2.05) is 58.0 Å². The van der Waals surface area contributed by atoms with E-state index in [9.17, 15) is 9.59 Å². The van der Waals surface area contributed by atoms with Gasteiger partial charge in [0.2, 0.25) is 0 Å². The second-order valence-electron chi connectivity index (χ2n) is 8.06. The maximum atomic E-state index is 12.8. The Balaban J connectivity index is 2.08. The van der Waals surface area contributed by atoms with Crippen molar-refractivity contribution in [2.45, 2.75) is 46.3 Å². The summed E-state index contributed by atoms with van der Waals surface area (Å²) in [7, 11) is 0. The first-order valence-electron chi connectivity index (χ1n) is 8.95. The lowest BCUT2D eigenvalue weighted by Crippen LogP contribution is -2.39. The molecular formula is C21H29NO4. The monoisotopic (exact) mass is 359 g/mol. The summed E-state index contributed by atoms with van der Waals surface area (Å²) in [5.41, 5.74) is -0.413. The molecule has 0 N–H and O–H groups in total. The molecule has 0 radical (unpaired) electrons. The first-order chi connectivity index (χ1) is 12.2. The van der Waals surface area contributed by atoms with E-state index < -0.39 is 17.1 Å². The fraction of sp³-hybridized carbons (Fsp3) is 0.524. The van der Waals surface area contributed by atoms with E-state index in [2.05, 4.69) is 6.58 Å². The molecule has 2 rings (SSSR count). The Kier molecular flexibility index (Phi) is 6.11. The van der Waals surface area contributed by atoms with E-state index in [-0.39, 0.29) is 25.0 Å². The van der Waals surface area contributed by atoms with Crippen LogP contribution in [0.4, 0.5) is 4.79 Å². The molecule has 0 unspecified atom stereocenters. The third-order valence-electron chi connectivity index (χ3n) is 4.64. The molecule has 26 heavy (non-hydrogen) atoms. The zero-order valence-electron chi connectivity index (χ0n) is 16.2. The quantitative estimate of drug-likeness (QED) is 0.585. The molecule has 5 nitrogen and oxygen atoms in total. The van der Waals surface area contributed by atoms with Gasteiger partial charge in [0.25, 0.3) is 0 Å². The lowest BCUT2D eigenvalue weighted by Gasteiger charge is -2.27. The van der Waals surface area contributed by atoms with Crippen molar-refractivity contribution in [3.05, 3.63) is 48.6 Å². The Morgan fingerprint density at radius 1 is 1.31 bits per heavy atom. The first kappa shape index (κ1) is 20.0. The SMILES string of the molecule is C=CC[C@H]1CN(C(=O)OC(C)(C)C)C[C@@]1(C)C(=O)OCc1ccccc1. The fourth-order valence-electron chi connectivity index (χ4n) is 3.18. The average Bonchev–Trinajstić information content (AvgIpc) is 2.91. The number of benzene rings is 1. The highest BCUT2D eigenvalue weighted by Crippen LogP contribution is 2.40. The molecule has 1 amide bonds. The molecule has 1 aromatic rings. The van der Waals surface area contributed by atoms with Crippen molar-refractivity contribution in [1.29, 1.82) is 0 Å². The van der Waals surface area contributed by atoms with Gasteiger partial charge in [-0.3, -0.25) is 4.79 Å². The van der Waals surface area contributed by atoms with Gasteiger partial charge in [-0.25, -0.2) is 4.79 Å². The van der Waals surface area contributed by atoms with E-state index in [0.717, 1.165) is 5.56 Å². The van der Waals surface area contributed by atoms with Crippen LogP contribution in [0.2, 0.25) is 0 Å². The molecule has 0 saturated carbocycles. The predicted octanol–water partition coefficient (Wildman–Crippen LogP) is 4.18. The molecule has 0 aliphatic carbocycles. The summed E-state index contributed by atoms with van der Waals surface area (Å²) in [5, 5.41) is 0. The summed E-state index contributed by atoms with van der Waals surface area (Å²) < 4.78 is 11.0. The lowest BCUT2D eigenvalue weighted by molar-refractivity contribution is -0.157. The summed E-state index contributed by atoms with van der Waals surface area (Å²) in [5.74, 6) is -0.338. The van der Waals surface area contributed by atoms with Crippen LogP contribution in [0.1, 0.15) is 39.7 Å². The molecule has 1 aromatic carbocycles. The number of likely N-dealkylation sites (tertiary alicyclic amines) is 1. The second kappa shape index (κ2) is 7.94. The van der Waals surface area contributed by atoms with Crippen LogP contribution in [0, 0.1) is 11.3 Å². The minimum Gasteiger partial charge on any atom is -0.460 e. The Morgan fingerprint density at radius 3 is 2.54 bits per heavy atom. The number of allylic oxidation sites excluding steroid dienone is 1. The van der Waals surface area contributed by atoms with Crippen molar-refractivity contribution in [3.63, 3.8) is 0 Å². The van der Waals surface area contributed by atoms with E-state index in [1.54, 1.807) is 11.0 Å². The van der Waals surface area contributed by atoms with Gasteiger partial charge < -0.3 is 14.4 Å². The molecule has 1 aliphatic heterocycles. The average molecular weight is 359 g/mol. The van der Waals surface area contributed by atoms with Crippen LogP contribution in [-0.4, -0.2) is 35.7 Å². The summed E-state index contributed by atoms with van der Waals surface area (Å²) in [6, 6.07) is 9.57. The smallest absolute Gasteiger partial charge is 0.410 e. The Bertz CT molecular complexity index is 650. The minimum atomic E-state index is -0.778. The maximum absolute atomic E-state index is 12.8. The van der Waals surface area contributed by atoms with E-state index in [0.29, 0.717) is 13.0 Å². The van der Waals surface area contributed by atoms with Gasteiger partial charge in [0, 0.05) is 13.1 Å². The molecule has 0 spiro atoms. The van der Waals surface area contributed by atoms with Crippen molar-refractivity contribution in [3.8, 4) is 0 Å².